The summed E-state index contributed by atoms with van der Waals surface area (Å²) in [6.45, 7) is 3.73. The molecule has 264 valence electrons. The molecule has 0 N–H and O–H groups in total. The van der Waals surface area contributed by atoms with Gasteiger partial charge in [0, 0.05) is 0 Å². The molecule has 12 heteroatoms. The van der Waals surface area contributed by atoms with E-state index in [2.05, 4.69) is 0 Å². The smallest absolute Gasteiger partial charge is 0.339 e. The van der Waals surface area contributed by atoms with Gasteiger partial charge in [-0.1, -0.05) is 60.7 Å². The van der Waals surface area contributed by atoms with Crippen molar-refractivity contribution in [3.63, 3.8) is 0 Å². The molecule has 51 heavy (non-hydrogen) atoms. The second-order valence-electron chi connectivity index (χ2n) is 11.3. The lowest BCUT2D eigenvalue weighted by molar-refractivity contribution is 0.00172. The summed E-state index contributed by atoms with van der Waals surface area (Å²) >= 11 is 0. The maximum absolute atomic E-state index is 13.0. The minimum absolute atomic E-state index is 0.0787. The van der Waals surface area contributed by atoms with E-state index < -0.39 is 54.1 Å². The highest BCUT2D eigenvalue weighted by molar-refractivity contribution is 6.04. The second-order valence-corrected chi connectivity index (χ2v) is 11.3. The summed E-state index contributed by atoms with van der Waals surface area (Å²) < 4.78 is 31.9. The third-order valence-corrected chi connectivity index (χ3v) is 7.02. The minimum Gasteiger partial charge on any atom is -0.458 e. The summed E-state index contributed by atoms with van der Waals surface area (Å²) in [5.41, 5.74) is 0.356. The van der Waals surface area contributed by atoms with Crippen LogP contribution >= 0.6 is 0 Å². The lowest BCUT2D eigenvalue weighted by Gasteiger charge is -2.17. The monoisotopic (exact) mass is 696 g/mol. The first kappa shape index (κ1) is 37.5. The summed E-state index contributed by atoms with van der Waals surface area (Å²) in [5, 5.41) is 0. The van der Waals surface area contributed by atoms with E-state index in [9.17, 15) is 28.8 Å². The molecule has 4 aromatic rings. The highest BCUT2D eigenvalue weighted by Gasteiger charge is 2.25. The van der Waals surface area contributed by atoms with Crippen LogP contribution in [-0.2, 0) is 28.4 Å². The number of benzene rings is 4. The van der Waals surface area contributed by atoms with Crippen LogP contribution in [0.25, 0.3) is 0 Å². The first-order chi connectivity index (χ1) is 24.5. The molecule has 0 aliphatic heterocycles. The van der Waals surface area contributed by atoms with Gasteiger partial charge in [0.05, 0.1) is 33.4 Å². The Morgan fingerprint density at radius 1 is 0.373 bits per heavy atom. The largest absolute Gasteiger partial charge is 0.458 e. The fourth-order valence-electron chi connectivity index (χ4n) is 4.49. The summed E-state index contributed by atoms with van der Waals surface area (Å²) in [5.74, 6) is -4.57. The molecule has 4 rings (SSSR count). The molecule has 0 saturated carbocycles. The Labute approximate surface area is 294 Å². The van der Waals surface area contributed by atoms with Crippen LogP contribution in [-0.4, -0.2) is 73.9 Å². The summed E-state index contributed by atoms with van der Waals surface area (Å²) in [6, 6.07) is 28.3. The van der Waals surface area contributed by atoms with Crippen LogP contribution in [0.5, 0.6) is 0 Å². The second kappa shape index (κ2) is 18.5. The van der Waals surface area contributed by atoms with Crippen LogP contribution in [0.2, 0.25) is 0 Å². The molecule has 3 atom stereocenters. The van der Waals surface area contributed by atoms with Crippen molar-refractivity contribution < 1.29 is 57.2 Å². The lowest BCUT2D eigenvalue weighted by atomic mass is 10.1. The van der Waals surface area contributed by atoms with Crippen molar-refractivity contribution in [1.82, 2.24) is 0 Å². The van der Waals surface area contributed by atoms with Crippen LogP contribution in [0, 0.1) is 0 Å². The predicted octanol–water partition coefficient (Wildman–Crippen LogP) is 5.89. The number of carbonyl (C=O) groups excluding carboxylic acids is 6. The van der Waals surface area contributed by atoms with Crippen LogP contribution in [0.4, 0.5) is 0 Å². The molecule has 4 aromatic carbocycles. The molecule has 0 aliphatic carbocycles. The van der Waals surface area contributed by atoms with Crippen molar-refractivity contribution in [2.45, 2.75) is 39.1 Å². The quantitative estimate of drug-likeness (QED) is 0.107. The standard InChI is InChI=1S/C39H36O12/c1-25(49-35(41)29-16-8-5-9-17-29)23-47-36(42)30-18-10-13-21-33(30)39(45)51-27(3)24-48-37(43)31-19-11-12-20-32(31)38(44)50-26(2)22-46-34(40)28-14-6-4-7-15-28/h4-21,25-27H,22-24H2,1-3H3. The van der Waals surface area contributed by atoms with Gasteiger partial charge < -0.3 is 28.4 Å². The first-order valence-corrected chi connectivity index (χ1v) is 16.0. The molecule has 0 saturated heterocycles. The summed E-state index contributed by atoms with van der Waals surface area (Å²) in [7, 11) is 0. The van der Waals surface area contributed by atoms with E-state index in [0.29, 0.717) is 11.1 Å². The van der Waals surface area contributed by atoms with E-state index in [1.165, 1.54) is 62.4 Å². The third-order valence-electron chi connectivity index (χ3n) is 7.02. The minimum atomic E-state index is -0.957. The van der Waals surface area contributed by atoms with Crippen molar-refractivity contribution in [2.75, 3.05) is 19.8 Å². The van der Waals surface area contributed by atoms with Gasteiger partial charge in [-0.3, -0.25) is 0 Å². The van der Waals surface area contributed by atoms with E-state index in [1.54, 1.807) is 67.6 Å². The van der Waals surface area contributed by atoms with Crippen LogP contribution in [0.3, 0.4) is 0 Å². The molecule has 0 fully saturated rings. The fraction of sp³-hybridized carbons (Fsp3) is 0.231. The SMILES string of the molecule is CC(COC(=O)c1ccccc1C(=O)OC(C)COC(=O)c1ccccc1C(=O)OC(C)COC(=O)c1ccccc1)OC(=O)c1ccccc1. The number of carbonyl (C=O) groups is 6. The molecule has 3 unspecified atom stereocenters. The highest BCUT2D eigenvalue weighted by Crippen LogP contribution is 2.17. The number of esters is 6. The molecule has 0 heterocycles. The lowest BCUT2D eigenvalue weighted by Crippen LogP contribution is -2.26. The molecule has 0 bridgehead atoms. The highest BCUT2D eigenvalue weighted by atomic mass is 16.6. The Morgan fingerprint density at radius 3 is 1.02 bits per heavy atom. The summed E-state index contributed by atoms with van der Waals surface area (Å²) in [4.78, 5) is 76.2. The van der Waals surface area contributed by atoms with E-state index in [0.717, 1.165) is 0 Å². The molecule has 0 amide bonds. The molecule has 0 radical (unpaired) electrons. The molecule has 0 spiro atoms. The van der Waals surface area contributed by atoms with E-state index in [4.69, 9.17) is 28.4 Å². The average Bonchev–Trinajstić information content (AvgIpc) is 3.15. The van der Waals surface area contributed by atoms with E-state index in [-0.39, 0.29) is 42.1 Å². The van der Waals surface area contributed by atoms with Crippen molar-refractivity contribution >= 4 is 35.8 Å². The molecule has 0 aromatic heterocycles. The average molecular weight is 697 g/mol. The number of hydrogen-bond donors (Lipinski definition) is 0. The number of hydrogen-bond acceptors (Lipinski definition) is 12. The van der Waals surface area contributed by atoms with E-state index >= 15 is 0 Å². The number of rotatable bonds is 15. The molecule has 0 aliphatic rings. The molecular formula is C39H36O12. The fourth-order valence-corrected chi connectivity index (χ4v) is 4.49. The predicted molar refractivity (Wildman–Crippen MR) is 181 cm³/mol. The Morgan fingerprint density at radius 2 is 0.647 bits per heavy atom. The Balaban J connectivity index is 1.27. The van der Waals surface area contributed by atoms with Gasteiger partial charge >= 0.3 is 35.8 Å². The topological polar surface area (TPSA) is 158 Å². The van der Waals surface area contributed by atoms with Gasteiger partial charge in [-0.2, -0.15) is 0 Å². The van der Waals surface area contributed by atoms with Gasteiger partial charge in [0.25, 0.3) is 0 Å². The zero-order valence-electron chi connectivity index (χ0n) is 28.1. The molecular weight excluding hydrogens is 660 g/mol. The van der Waals surface area contributed by atoms with Crippen molar-refractivity contribution in [1.29, 1.82) is 0 Å². The number of ether oxygens (including phenoxy) is 6. The zero-order chi connectivity index (χ0) is 36.8. The summed E-state index contributed by atoms with van der Waals surface area (Å²) in [6.07, 6.45) is -2.55. The van der Waals surface area contributed by atoms with Crippen molar-refractivity contribution in [3.8, 4) is 0 Å². The van der Waals surface area contributed by atoms with Crippen molar-refractivity contribution in [3.05, 3.63) is 143 Å². The van der Waals surface area contributed by atoms with Gasteiger partial charge in [0.15, 0.2) is 0 Å². The van der Waals surface area contributed by atoms with Gasteiger partial charge in [0.2, 0.25) is 0 Å². The first-order valence-electron chi connectivity index (χ1n) is 16.0. The Hall–Kier alpha value is -6.30. The maximum Gasteiger partial charge on any atom is 0.339 e. The molecule has 12 nitrogen and oxygen atoms in total. The van der Waals surface area contributed by atoms with Gasteiger partial charge in [-0.05, 0) is 69.3 Å². The van der Waals surface area contributed by atoms with Crippen LogP contribution in [0.1, 0.15) is 82.9 Å². The van der Waals surface area contributed by atoms with Gasteiger partial charge in [-0.15, -0.1) is 0 Å². The zero-order valence-corrected chi connectivity index (χ0v) is 28.1. The Bertz CT molecular complexity index is 1840. The van der Waals surface area contributed by atoms with E-state index in [1.807, 2.05) is 0 Å². The van der Waals surface area contributed by atoms with Crippen LogP contribution < -0.4 is 0 Å². The Kier molecular flexibility index (Phi) is 13.6. The van der Waals surface area contributed by atoms with Gasteiger partial charge in [0.1, 0.15) is 38.1 Å². The third kappa shape index (κ3) is 11.1. The maximum atomic E-state index is 13.0. The van der Waals surface area contributed by atoms with Gasteiger partial charge in [-0.25, -0.2) is 28.8 Å². The normalized spacial score (nSPS) is 12.3. The van der Waals surface area contributed by atoms with Crippen LogP contribution in [0.15, 0.2) is 109 Å². The van der Waals surface area contributed by atoms with Crippen molar-refractivity contribution in [2.24, 2.45) is 0 Å².